The van der Waals surface area contributed by atoms with Crippen LogP contribution in [0, 0.1) is 6.92 Å². The van der Waals surface area contributed by atoms with E-state index >= 15 is 0 Å². The molecule has 0 fully saturated rings. The van der Waals surface area contributed by atoms with Crippen LogP contribution in [-0.4, -0.2) is 39.2 Å². The van der Waals surface area contributed by atoms with Crippen molar-refractivity contribution in [2.24, 2.45) is 0 Å². The van der Waals surface area contributed by atoms with Gasteiger partial charge < -0.3 is 19.7 Å². The van der Waals surface area contributed by atoms with Gasteiger partial charge in [0.2, 0.25) is 0 Å². The standard InChI is InChI=1S/C37H40N4O3S/c1-25-32-20-19-30(43-24-27-13-8-7-9-14-27)22-34(32)35(40-39-25)38-26(2)45-31-17-12-16-28(21-31)33-18-11-10-15-29(33)23-41(6)36(42)44-37(3,4)5/h7-22,26H,23-24H2,1-6H3,(H,38,40)/t26-/m1/s1. The molecular weight excluding hydrogens is 580 g/mol. The Balaban J connectivity index is 1.30. The Hall–Kier alpha value is -4.56. The summed E-state index contributed by atoms with van der Waals surface area (Å²) < 4.78 is 11.7. The van der Waals surface area contributed by atoms with Crippen molar-refractivity contribution in [1.29, 1.82) is 0 Å². The Morgan fingerprint density at radius 2 is 1.67 bits per heavy atom. The molecule has 0 aliphatic rings. The number of amides is 1. The first kappa shape index (κ1) is 31.9. The fourth-order valence-corrected chi connectivity index (χ4v) is 5.90. The summed E-state index contributed by atoms with van der Waals surface area (Å²) in [7, 11) is 1.76. The molecule has 1 heterocycles. The maximum absolute atomic E-state index is 12.6. The van der Waals surface area contributed by atoms with Gasteiger partial charge in [0, 0.05) is 29.3 Å². The topological polar surface area (TPSA) is 76.6 Å². The van der Waals surface area contributed by atoms with E-state index < -0.39 is 5.60 Å². The summed E-state index contributed by atoms with van der Waals surface area (Å²) in [6, 6.07) is 32.8. The summed E-state index contributed by atoms with van der Waals surface area (Å²) in [6.07, 6.45) is -0.344. The van der Waals surface area contributed by atoms with Gasteiger partial charge in [0.05, 0.1) is 11.1 Å². The molecule has 45 heavy (non-hydrogen) atoms. The molecule has 1 aromatic heterocycles. The second kappa shape index (κ2) is 14.0. The molecule has 0 saturated heterocycles. The second-order valence-electron chi connectivity index (χ2n) is 12.0. The zero-order chi connectivity index (χ0) is 32.0. The minimum atomic E-state index is -0.546. The predicted octanol–water partition coefficient (Wildman–Crippen LogP) is 9.10. The Morgan fingerprint density at radius 1 is 0.911 bits per heavy atom. The maximum Gasteiger partial charge on any atom is 0.410 e. The van der Waals surface area contributed by atoms with Gasteiger partial charge in [-0.2, -0.15) is 5.10 Å². The number of anilines is 1. The van der Waals surface area contributed by atoms with Crippen molar-refractivity contribution in [1.82, 2.24) is 15.1 Å². The maximum atomic E-state index is 12.6. The minimum Gasteiger partial charge on any atom is -0.489 e. The van der Waals surface area contributed by atoms with E-state index in [0.717, 1.165) is 49.4 Å². The van der Waals surface area contributed by atoms with E-state index in [1.165, 1.54) is 0 Å². The lowest BCUT2D eigenvalue weighted by Gasteiger charge is -2.25. The number of benzene rings is 4. The summed E-state index contributed by atoms with van der Waals surface area (Å²) in [5, 5.41) is 14.5. The van der Waals surface area contributed by atoms with Crippen molar-refractivity contribution >= 4 is 34.4 Å². The van der Waals surface area contributed by atoms with E-state index in [1.54, 1.807) is 23.7 Å². The zero-order valence-corrected chi connectivity index (χ0v) is 27.5. The fourth-order valence-electron chi connectivity index (χ4n) is 4.97. The van der Waals surface area contributed by atoms with Gasteiger partial charge in [-0.15, -0.1) is 16.9 Å². The van der Waals surface area contributed by atoms with Gasteiger partial charge in [-0.3, -0.25) is 0 Å². The number of hydrogen-bond donors (Lipinski definition) is 1. The molecule has 7 nitrogen and oxygen atoms in total. The Bertz CT molecular complexity index is 1770. The third-order valence-electron chi connectivity index (χ3n) is 7.11. The van der Waals surface area contributed by atoms with Crippen molar-refractivity contribution in [3.05, 3.63) is 114 Å². The molecule has 1 atom stereocenters. The zero-order valence-electron chi connectivity index (χ0n) is 26.7. The normalized spacial score (nSPS) is 12.0. The SMILES string of the molecule is Cc1nnc(N[C@@H](C)Sc2cccc(-c3ccccc3CN(C)C(=O)OC(C)(C)C)c2)c2cc(OCc3ccccc3)ccc12. The lowest BCUT2D eigenvalue weighted by Crippen LogP contribution is -2.33. The number of rotatable bonds is 10. The molecular formula is C37H40N4O3S. The summed E-state index contributed by atoms with van der Waals surface area (Å²) in [6.45, 7) is 10.6. The molecule has 0 radical (unpaired) electrons. The van der Waals surface area contributed by atoms with Gasteiger partial charge in [0.15, 0.2) is 5.82 Å². The predicted molar refractivity (Wildman–Crippen MR) is 184 cm³/mol. The largest absolute Gasteiger partial charge is 0.489 e. The lowest BCUT2D eigenvalue weighted by atomic mass is 9.99. The van der Waals surface area contributed by atoms with Gasteiger partial charge in [0.1, 0.15) is 18.0 Å². The van der Waals surface area contributed by atoms with E-state index in [2.05, 4.69) is 71.0 Å². The molecule has 0 saturated carbocycles. The van der Waals surface area contributed by atoms with Crippen molar-refractivity contribution in [2.75, 3.05) is 12.4 Å². The number of fused-ring (bicyclic) bond motifs is 1. The van der Waals surface area contributed by atoms with Crippen LogP contribution in [0.25, 0.3) is 21.9 Å². The smallest absolute Gasteiger partial charge is 0.410 e. The van der Waals surface area contributed by atoms with Crippen molar-refractivity contribution in [3.8, 4) is 16.9 Å². The summed E-state index contributed by atoms with van der Waals surface area (Å²) >= 11 is 1.71. The fraction of sp³-hybridized carbons (Fsp3) is 0.270. The molecule has 0 aliphatic heterocycles. The first-order valence-corrected chi connectivity index (χ1v) is 15.9. The second-order valence-corrected chi connectivity index (χ2v) is 13.5. The number of carbonyl (C=O) groups excluding carboxylic acids is 1. The average molecular weight is 621 g/mol. The number of nitrogens with zero attached hydrogens (tertiary/aromatic N) is 3. The van der Waals surface area contributed by atoms with Crippen LogP contribution in [0.1, 0.15) is 44.5 Å². The molecule has 0 aliphatic carbocycles. The van der Waals surface area contributed by atoms with Crippen LogP contribution < -0.4 is 10.1 Å². The van der Waals surface area contributed by atoms with Gasteiger partial charge in [-0.05, 0) is 87.2 Å². The third-order valence-corrected chi connectivity index (χ3v) is 8.11. The van der Waals surface area contributed by atoms with Crippen molar-refractivity contribution in [2.45, 2.75) is 63.6 Å². The number of carbonyl (C=O) groups is 1. The highest BCUT2D eigenvalue weighted by atomic mass is 32.2. The molecule has 0 bridgehead atoms. The molecule has 1 amide bonds. The van der Waals surface area contributed by atoms with Gasteiger partial charge >= 0.3 is 6.09 Å². The summed E-state index contributed by atoms with van der Waals surface area (Å²) in [5.74, 6) is 1.50. The molecule has 0 unspecified atom stereocenters. The van der Waals surface area contributed by atoms with Gasteiger partial charge in [-0.25, -0.2) is 4.79 Å². The van der Waals surface area contributed by atoms with Crippen LogP contribution >= 0.6 is 11.8 Å². The summed E-state index contributed by atoms with van der Waals surface area (Å²) in [5.41, 5.74) is 4.65. The Kier molecular flexibility index (Phi) is 9.93. The number of aryl methyl sites for hydroxylation is 1. The number of thioether (sulfide) groups is 1. The van der Waals surface area contributed by atoms with Crippen molar-refractivity contribution in [3.63, 3.8) is 0 Å². The third kappa shape index (κ3) is 8.54. The molecule has 0 spiro atoms. The van der Waals surface area contributed by atoms with Crippen LogP contribution in [-0.2, 0) is 17.9 Å². The first-order valence-electron chi connectivity index (χ1n) is 15.0. The van der Waals surface area contributed by atoms with Gasteiger partial charge in [0.25, 0.3) is 0 Å². The van der Waals surface area contributed by atoms with E-state index in [1.807, 2.05) is 76.2 Å². The molecule has 1 N–H and O–H groups in total. The van der Waals surface area contributed by atoms with Gasteiger partial charge in [-0.1, -0.05) is 66.7 Å². The molecule has 5 rings (SSSR count). The highest BCUT2D eigenvalue weighted by molar-refractivity contribution is 8.00. The summed E-state index contributed by atoms with van der Waals surface area (Å²) in [4.78, 5) is 15.3. The first-order chi connectivity index (χ1) is 21.6. The minimum absolute atomic E-state index is 0.00268. The molecule has 5 aromatic rings. The molecule has 232 valence electrons. The number of ether oxygens (including phenoxy) is 2. The average Bonchev–Trinajstić information content (AvgIpc) is 3.01. The molecule has 4 aromatic carbocycles. The highest BCUT2D eigenvalue weighted by Gasteiger charge is 2.20. The lowest BCUT2D eigenvalue weighted by molar-refractivity contribution is 0.0285. The number of hydrogen-bond acceptors (Lipinski definition) is 7. The van der Waals surface area contributed by atoms with Crippen LogP contribution in [0.4, 0.5) is 10.6 Å². The van der Waals surface area contributed by atoms with Crippen LogP contribution in [0.3, 0.4) is 0 Å². The Labute approximate surface area is 270 Å². The van der Waals surface area contributed by atoms with Crippen molar-refractivity contribution < 1.29 is 14.3 Å². The van der Waals surface area contributed by atoms with E-state index in [4.69, 9.17) is 9.47 Å². The van der Waals surface area contributed by atoms with Crippen LogP contribution in [0.2, 0.25) is 0 Å². The highest BCUT2D eigenvalue weighted by Crippen LogP contribution is 2.33. The molecule has 8 heteroatoms. The van der Waals surface area contributed by atoms with E-state index in [-0.39, 0.29) is 11.5 Å². The van der Waals surface area contributed by atoms with Crippen LogP contribution in [0.15, 0.2) is 102 Å². The number of aromatic nitrogens is 2. The van der Waals surface area contributed by atoms with E-state index in [9.17, 15) is 4.79 Å². The van der Waals surface area contributed by atoms with Crippen LogP contribution in [0.5, 0.6) is 5.75 Å². The van der Waals surface area contributed by atoms with E-state index in [0.29, 0.717) is 19.0 Å². The monoisotopic (exact) mass is 620 g/mol. The Morgan fingerprint density at radius 3 is 2.44 bits per heavy atom. The number of nitrogens with one attached hydrogen (secondary N) is 1. The quantitative estimate of drug-likeness (QED) is 0.123.